The number of ether oxygens (including phenoxy) is 1. The van der Waals surface area contributed by atoms with E-state index in [0.29, 0.717) is 24.6 Å². The topological polar surface area (TPSA) is 51.2 Å². The number of carbonyl (C=O) groups is 1. The summed E-state index contributed by atoms with van der Waals surface area (Å²) in [6.07, 6.45) is 0.651. The Bertz CT molecular complexity index is 671. The molecule has 1 aromatic heterocycles. The van der Waals surface area contributed by atoms with Crippen molar-refractivity contribution in [2.45, 2.75) is 19.9 Å². The lowest BCUT2D eigenvalue weighted by molar-refractivity contribution is -0.126. The smallest absolute Gasteiger partial charge is 0.227 e. The third-order valence-corrected chi connectivity index (χ3v) is 4.58. The number of thiazole rings is 1. The fourth-order valence-electron chi connectivity index (χ4n) is 2.32. The summed E-state index contributed by atoms with van der Waals surface area (Å²) >= 11 is 7.54. The molecule has 1 atom stereocenters. The van der Waals surface area contributed by atoms with Gasteiger partial charge in [-0.2, -0.15) is 0 Å². The number of aryl methyl sites for hydroxylation is 1. The highest BCUT2D eigenvalue weighted by molar-refractivity contribution is 7.09. The van der Waals surface area contributed by atoms with Gasteiger partial charge in [-0.05, 0) is 37.1 Å². The standard InChI is InChI=1S/C15H15ClN2O2S/c1-9-8-21-14(18-9)6-17-15(19)11-4-10-5-12(16)2-3-13(10)20-7-11/h2-3,5,8,11H,4,6-7H2,1H3,(H,17,19)/t11-/m1/s1. The maximum Gasteiger partial charge on any atom is 0.227 e. The fourth-order valence-corrected chi connectivity index (χ4v) is 3.23. The van der Waals surface area contributed by atoms with Gasteiger partial charge in [0.2, 0.25) is 5.91 Å². The monoisotopic (exact) mass is 322 g/mol. The number of hydrogen-bond acceptors (Lipinski definition) is 4. The Morgan fingerprint density at radius 2 is 2.43 bits per heavy atom. The molecular formula is C15H15ClN2O2S. The van der Waals surface area contributed by atoms with Gasteiger partial charge in [0.05, 0.1) is 12.5 Å². The molecule has 1 aliphatic heterocycles. The van der Waals surface area contributed by atoms with Gasteiger partial charge >= 0.3 is 0 Å². The third kappa shape index (κ3) is 3.36. The number of hydrogen-bond donors (Lipinski definition) is 1. The average molecular weight is 323 g/mol. The molecule has 2 heterocycles. The molecule has 4 nitrogen and oxygen atoms in total. The van der Waals surface area contributed by atoms with Crippen LogP contribution in [0.4, 0.5) is 0 Å². The van der Waals surface area contributed by atoms with Crippen molar-refractivity contribution in [2.24, 2.45) is 5.92 Å². The molecule has 0 saturated carbocycles. The van der Waals surface area contributed by atoms with Gasteiger partial charge in [0, 0.05) is 16.1 Å². The van der Waals surface area contributed by atoms with Crippen molar-refractivity contribution in [1.29, 1.82) is 0 Å². The molecule has 110 valence electrons. The van der Waals surface area contributed by atoms with E-state index in [1.165, 1.54) is 0 Å². The number of rotatable bonds is 3. The maximum absolute atomic E-state index is 12.2. The summed E-state index contributed by atoms with van der Waals surface area (Å²) in [6.45, 7) is 2.81. The molecule has 0 unspecified atom stereocenters. The molecule has 0 aliphatic carbocycles. The van der Waals surface area contributed by atoms with Crippen molar-refractivity contribution in [3.8, 4) is 5.75 Å². The Morgan fingerprint density at radius 1 is 1.57 bits per heavy atom. The van der Waals surface area contributed by atoms with Crippen molar-refractivity contribution in [3.05, 3.63) is 44.9 Å². The normalized spacial score (nSPS) is 17.0. The van der Waals surface area contributed by atoms with E-state index in [4.69, 9.17) is 16.3 Å². The highest BCUT2D eigenvalue weighted by atomic mass is 35.5. The summed E-state index contributed by atoms with van der Waals surface area (Å²) in [7, 11) is 0. The lowest BCUT2D eigenvalue weighted by Gasteiger charge is -2.24. The number of amides is 1. The Balaban J connectivity index is 1.61. The predicted octanol–water partition coefficient (Wildman–Crippen LogP) is 2.97. The van der Waals surface area contributed by atoms with E-state index in [1.807, 2.05) is 24.4 Å². The van der Waals surface area contributed by atoms with Crippen LogP contribution in [-0.4, -0.2) is 17.5 Å². The van der Waals surface area contributed by atoms with Gasteiger partial charge in [0.25, 0.3) is 0 Å². The van der Waals surface area contributed by atoms with Crippen LogP contribution in [0.25, 0.3) is 0 Å². The zero-order valence-corrected chi connectivity index (χ0v) is 13.1. The third-order valence-electron chi connectivity index (χ3n) is 3.38. The first-order valence-electron chi connectivity index (χ1n) is 6.72. The highest BCUT2D eigenvalue weighted by Gasteiger charge is 2.26. The summed E-state index contributed by atoms with van der Waals surface area (Å²) in [5.74, 6) is 0.629. The summed E-state index contributed by atoms with van der Waals surface area (Å²) in [6, 6.07) is 5.51. The fraction of sp³-hybridized carbons (Fsp3) is 0.333. The van der Waals surface area contributed by atoms with Crippen LogP contribution in [0.3, 0.4) is 0 Å². The molecule has 2 aromatic rings. The highest BCUT2D eigenvalue weighted by Crippen LogP contribution is 2.29. The van der Waals surface area contributed by atoms with E-state index in [1.54, 1.807) is 17.4 Å². The summed E-state index contributed by atoms with van der Waals surface area (Å²) in [5, 5.41) is 6.48. The van der Waals surface area contributed by atoms with Crippen LogP contribution in [0.2, 0.25) is 5.02 Å². The molecule has 3 rings (SSSR count). The van der Waals surface area contributed by atoms with E-state index in [9.17, 15) is 4.79 Å². The molecular weight excluding hydrogens is 308 g/mol. The van der Waals surface area contributed by atoms with E-state index < -0.39 is 0 Å². The quantitative estimate of drug-likeness (QED) is 0.945. The van der Waals surface area contributed by atoms with Crippen LogP contribution >= 0.6 is 22.9 Å². The average Bonchev–Trinajstić information content (AvgIpc) is 2.89. The first-order valence-corrected chi connectivity index (χ1v) is 7.97. The van der Waals surface area contributed by atoms with E-state index in [0.717, 1.165) is 22.0 Å². The molecule has 0 fully saturated rings. The van der Waals surface area contributed by atoms with E-state index >= 15 is 0 Å². The summed E-state index contributed by atoms with van der Waals surface area (Å²) in [5.41, 5.74) is 1.97. The van der Waals surface area contributed by atoms with Gasteiger partial charge in [0.15, 0.2) is 0 Å². The molecule has 1 N–H and O–H groups in total. The van der Waals surface area contributed by atoms with E-state index in [2.05, 4.69) is 10.3 Å². The van der Waals surface area contributed by atoms with Gasteiger partial charge in [-0.15, -0.1) is 11.3 Å². The zero-order valence-electron chi connectivity index (χ0n) is 11.6. The largest absolute Gasteiger partial charge is 0.492 e. The minimum absolute atomic E-state index is 0.00604. The molecule has 1 aliphatic rings. The molecule has 0 spiro atoms. The summed E-state index contributed by atoms with van der Waals surface area (Å²) in [4.78, 5) is 16.6. The molecule has 1 aromatic carbocycles. The second-order valence-corrected chi connectivity index (χ2v) is 6.44. The van der Waals surface area contributed by atoms with Gasteiger partial charge < -0.3 is 10.1 Å². The predicted molar refractivity (Wildman–Crippen MR) is 82.8 cm³/mol. The first kappa shape index (κ1) is 14.4. The Kier molecular flexibility index (Phi) is 4.12. The second kappa shape index (κ2) is 6.03. The number of benzene rings is 1. The van der Waals surface area contributed by atoms with Crippen LogP contribution in [0.1, 0.15) is 16.3 Å². The Hall–Kier alpha value is -1.59. The van der Waals surface area contributed by atoms with Gasteiger partial charge in [-0.1, -0.05) is 11.6 Å². The minimum Gasteiger partial charge on any atom is -0.492 e. The van der Waals surface area contributed by atoms with Crippen LogP contribution in [0, 0.1) is 12.8 Å². The Labute approximate surface area is 132 Å². The van der Waals surface area contributed by atoms with Gasteiger partial charge in [-0.25, -0.2) is 4.98 Å². The number of fused-ring (bicyclic) bond motifs is 1. The maximum atomic E-state index is 12.2. The van der Waals surface area contributed by atoms with Crippen molar-refractivity contribution >= 4 is 28.8 Å². The van der Waals surface area contributed by atoms with Crippen LogP contribution in [0.5, 0.6) is 5.75 Å². The number of aromatic nitrogens is 1. The summed E-state index contributed by atoms with van der Waals surface area (Å²) < 4.78 is 5.64. The number of nitrogens with zero attached hydrogens (tertiary/aromatic N) is 1. The van der Waals surface area contributed by atoms with Crippen LogP contribution in [-0.2, 0) is 17.8 Å². The molecule has 0 bridgehead atoms. The van der Waals surface area contributed by atoms with E-state index in [-0.39, 0.29) is 11.8 Å². The zero-order chi connectivity index (χ0) is 14.8. The van der Waals surface area contributed by atoms with Crippen molar-refractivity contribution < 1.29 is 9.53 Å². The van der Waals surface area contributed by atoms with Crippen molar-refractivity contribution in [2.75, 3.05) is 6.61 Å². The SMILES string of the molecule is Cc1csc(CNC(=O)[C@H]2COc3ccc(Cl)cc3C2)n1. The lowest BCUT2D eigenvalue weighted by Crippen LogP contribution is -2.37. The number of nitrogens with one attached hydrogen (secondary N) is 1. The molecule has 1 amide bonds. The molecule has 6 heteroatoms. The Morgan fingerprint density at radius 3 is 3.19 bits per heavy atom. The number of carbonyl (C=O) groups excluding carboxylic acids is 1. The molecule has 0 radical (unpaired) electrons. The van der Waals surface area contributed by atoms with Crippen LogP contribution < -0.4 is 10.1 Å². The van der Waals surface area contributed by atoms with Crippen molar-refractivity contribution in [3.63, 3.8) is 0 Å². The lowest BCUT2D eigenvalue weighted by atomic mass is 9.96. The van der Waals surface area contributed by atoms with Crippen LogP contribution in [0.15, 0.2) is 23.6 Å². The second-order valence-electron chi connectivity index (χ2n) is 5.06. The van der Waals surface area contributed by atoms with Gasteiger partial charge in [-0.3, -0.25) is 4.79 Å². The number of halogens is 1. The molecule has 21 heavy (non-hydrogen) atoms. The minimum atomic E-state index is -0.183. The molecule has 0 saturated heterocycles. The van der Waals surface area contributed by atoms with Gasteiger partial charge in [0.1, 0.15) is 17.4 Å². The van der Waals surface area contributed by atoms with Crippen molar-refractivity contribution in [1.82, 2.24) is 10.3 Å². The first-order chi connectivity index (χ1) is 10.1.